The van der Waals surface area contributed by atoms with E-state index in [4.69, 9.17) is 5.73 Å². The van der Waals surface area contributed by atoms with Gasteiger partial charge in [0.25, 0.3) is 0 Å². The monoisotopic (exact) mass is 239 g/mol. The highest BCUT2D eigenvalue weighted by atomic mass is 16.2. The summed E-state index contributed by atoms with van der Waals surface area (Å²) < 4.78 is 0. The standard InChI is InChI=1S/C13H25N3O/c1-13(2,3)11(14)12(17)16-8-7-15-6-4-5-10(15)9-16/h10-11H,4-9,14H2,1-3H3. The highest BCUT2D eigenvalue weighted by Crippen LogP contribution is 2.24. The lowest BCUT2D eigenvalue weighted by molar-refractivity contribution is -0.137. The minimum absolute atomic E-state index is 0.129. The fourth-order valence-electron chi connectivity index (χ4n) is 2.76. The van der Waals surface area contributed by atoms with Crippen molar-refractivity contribution < 1.29 is 4.79 Å². The molecule has 17 heavy (non-hydrogen) atoms. The highest BCUT2D eigenvalue weighted by molar-refractivity contribution is 5.82. The Balaban J connectivity index is 1.97. The summed E-state index contributed by atoms with van der Waals surface area (Å²) in [6, 6.07) is 0.204. The third-order valence-corrected chi connectivity index (χ3v) is 4.10. The summed E-state index contributed by atoms with van der Waals surface area (Å²) in [5, 5.41) is 0. The maximum atomic E-state index is 12.3. The van der Waals surface area contributed by atoms with Crippen LogP contribution in [-0.2, 0) is 4.79 Å². The molecule has 2 unspecified atom stereocenters. The van der Waals surface area contributed by atoms with E-state index >= 15 is 0 Å². The van der Waals surface area contributed by atoms with Crippen molar-refractivity contribution in [3.63, 3.8) is 0 Å². The molecule has 2 fully saturated rings. The van der Waals surface area contributed by atoms with Gasteiger partial charge < -0.3 is 10.6 Å². The van der Waals surface area contributed by atoms with E-state index in [1.54, 1.807) is 0 Å². The van der Waals surface area contributed by atoms with E-state index in [0.717, 1.165) is 19.6 Å². The molecule has 0 saturated carbocycles. The summed E-state index contributed by atoms with van der Waals surface area (Å²) in [6.07, 6.45) is 2.51. The first-order valence-electron chi connectivity index (χ1n) is 6.68. The molecule has 0 radical (unpaired) electrons. The van der Waals surface area contributed by atoms with Gasteiger partial charge in [-0.05, 0) is 24.8 Å². The minimum atomic E-state index is -0.379. The van der Waals surface area contributed by atoms with Crippen LogP contribution in [0.15, 0.2) is 0 Å². The lowest BCUT2D eigenvalue weighted by atomic mass is 9.86. The van der Waals surface area contributed by atoms with Gasteiger partial charge in [0.1, 0.15) is 0 Å². The van der Waals surface area contributed by atoms with Crippen molar-refractivity contribution in [3.8, 4) is 0 Å². The van der Waals surface area contributed by atoms with Gasteiger partial charge in [-0.2, -0.15) is 0 Å². The van der Waals surface area contributed by atoms with Crippen LogP contribution in [0.3, 0.4) is 0 Å². The maximum Gasteiger partial charge on any atom is 0.240 e. The molecule has 2 rings (SSSR count). The molecule has 4 heteroatoms. The summed E-state index contributed by atoms with van der Waals surface area (Å²) in [5.74, 6) is 0.129. The Morgan fingerprint density at radius 3 is 2.65 bits per heavy atom. The highest BCUT2D eigenvalue weighted by Gasteiger charge is 2.36. The van der Waals surface area contributed by atoms with Crippen molar-refractivity contribution in [2.75, 3.05) is 26.2 Å². The normalized spacial score (nSPS) is 28.0. The zero-order chi connectivity index (χ0) is 12.6. The summed E-state index contributed by atoms with van der Waals surface area (Å²) in [7, 11) is 0. The molecule has 2 aliphatic heterocycles. The van der Waals surface area contributed by atoms with E-state index in [-0.39, 0.29) is 17.4 Å². The minimum Gasteiger partial charge on any atom is -0.338 e. The third kappa shape index (κ3) is 2.63. The van der Waals surface area contributed by atoms with Crippen LogP contribution in [0.2, 0.25) is 0 Å². The molecule has 0 spiro atoms. The Bertz CT molecular complexity index is 298. The lowest BCUT2D eigenvalue weighted by Gasteiger charge is -2.40. The Kier molecular flexibility index (Phi) is 3.46. The van der Waals surface area contributed by atoms with E-state index in [0.29, 0.717) is 6.04 Å². The first-order valence-corrected chi connectivity index (χ1v) is 6.68. The number of carbonyl (C=O) groups is 1. The number of nitrogens with zero attached hydrogens (tertiary/aromatic N) is 2. The second-order valence-corrected chi connectivity index (χ2v) is 6.46. The van der Waals surface area contributed by atoms with Crippen molar-refractivity contribution >= 4 is 5.91 Å². The summed E-state index contributed by atoms with van der Waals surface area (Å²) in [5.41, 5.74) is 5.91. The fourth-order valence-corrected chi connectivity index (χ4v) is 2.76. The zero-order valence-corrected chi connectivity index (χ0v) is 11.3. The molecule has 0 aromatic carbocycles. The smallest absolute Gasteiger partial charge is 0.240 e. The van der Waals surface area contributed by atoms with Crippen molar-refractivity contribution in [1.82, 2.24) is 9.80 Å². The number of nitrogens with two attached hydrogens (primary N) is 1. The van der Waals surface area contributed by atoms with Crippen molar-refractivity contribution in [3.05, 3.63) is 0 Å². The summed E-state index contributed by atoms with van der Waals surface area (Å²) >= 11 is 0. The first-order chi connectivity index (χ1) is 7.89. The van der Waals surface area contributed by atoms with Crippen LogP contribution in [0.25, 0.3) is 0 Å². The molecule has 1 amide bonds. The van der Waals surface area contributed by atoms with Crippen LogP contribution in [-0.4, -0.2) is 54.0 Å². The van der Waals surface area contributed by atoms with Gasteiger partial charge in [0.05, 0.1) is 6.04 Å². The van der Waals surface area contributed by atoms with Crippen LogP contribution in [0.1, 0.15) is 33.6 Å². The number of amides is 1. The largest absolute Gasteiger partial charge is 0.338 e. The van der Waals surface area contributed by atoms with E-state index in [1.165, 1.54) is 19.4 Å². The van der Waals surface area contributed by atoms with E-state index in [2.05, 4.69) is 4.90 Å². The van der Waals surface area contributed by atoms with Gasteiger partial charge in [-0.25, -0.2) is 0 Å². The van der Waals surface area contributed by atoms with Gasteiger partial charge in [-0.3, -0.25) is 9.69 Å². The van der Waals surface area contributed by atoms with E-state index in [1.807, 2.05) is 25.7 Å². The molecule has 2 saturated heterocycles. The Labute approximate surface area is 104 Å². The number of carbonyl (C=O) groups excluding carboxylic acids is 1. The molecule has 0 aromatic rings. The molecule has 0 aliphatic carbocycles. The van der Waals surface area contributed by atoms with Crippen molar-refractivity contribution in [1.29, 1.82) is 0 Å². The fraction of sp³-hybridized carbons (Fsp3) is 0.923. The van der Waals surface area contributed by atoms with Crippen molar-refractivity contribution in [2.24, 2.45) is 11.1 Å². The summed E-state index contributed by atoms with van der Waals surface area (Å²) in [6.45, 7) is 10.0. The van der Waals surface area contributed by atoms with Gasteiger partial charge in [0.2, 0.25) is 5.91 Å². The molecule has 2 heterocycles. The lowest BCUT2D eigenvalue weighted by Crippen LogP contribution is -2.58. The van der Waals surface area contributed by atoms with Gasteiger partial charge in [0, 0.05) is 25.7 Å². The average molecular weight is 239 g/mol. The first kappa shape index (κ1) is 12.8. The van der Waals surface area contributed by atoms with Crippen LogP contribution in [0.4, 0.5) is 0 Å². The van der Waals surface area contributed by atoms with Gasteiger partial charge in [0.15, 0.2) is 0 Å². The van der Waals surface area contributed by atoms with Gasteiger partial charge >= 0.3 is 0 Å². The molecule has 0 bridgehead atoms. The predicted octanol–water partition coefficient (Wildman–Crippen LogP) is 0.666. The van der Waals surface area contributed by atoms with Gasteiger partial charge in [-0.15, -0.1) is 0 Å². The number of piperazine rings is 1. The van der Waals surface area contributed by atoms with Crippen LogP contribution >= 0.6 is 0 Å². The quantitative estimate of drug-likeness (QED) is 0.731. The van der Waals surface area contributed by atoms with Crippen molar-refractivity contribution in [2.45, 2.75) is 45.7 Å². The number of fused-ring (bicyclic) bond motifs is 1. The molecule has 2 aliphatic rings. The van der Waals surface area contributed by atoms with E-state index in [9.17, 15) is 4.79 Å². The molecule has 4 nitrogen and oxygen atoms in total. The number of hydrogen-bond acceptors (Lipinski definition) is 3. The average Bonchev–Trinajstić information content (AvgIpc) is 2.72. The molecular weight excluding hydrogens is 214 g/mol. The second kappa shape index (κ2) is 4.58. The molecule has 2 N–H and O–H groups in total. The number of rotatable bonds is 1. The third-order valence-electron chi connectivity index (χ3n) is 4.10. The predicted molar refractivity (Wildman–Crippen MR) is 68.6 cm³/mol. The Hall–Kier alpha value is -0.610. The molecule has 2 atom stereocenters. The molecule has 98 valence electrons. The van der Waals surface area contributed by atoms with E-state index < -0.39 is 0 Å². The van der Waals surface area contributed by atoms with Crippen LogP contribution in [0, 0.1) is 5.41 Å². The topological polar surface area (TPSA) is 49.6 Å². The van der Waals surface area contributed by atoms with Crippen LogP contribution < -0.4 is 5.73 Å². The van der Waals surface area contributed by atoms with Gasteiger partial charge in [-0.1, -0.05) is 20.8 Å². The second-order valence-electron chi connectivity index (χ2n) is 6.46. The zero-order valence-electron chi connectivity index (χ0n) is 11.3. The summed E-state index contributed by atoms with van der Waals surface area (Å²) in [4.78, 5) is 16.8. The Morgan fingerprint density at radius 1 is 1.29 bits per heavy atom. The Morgan fingerprint density at radius 2 is 2.00 bits per heavy atom. The SMILES string of the molecule is CC(C)(C)C(N)C(=O)N1CCN2CCCC2C1. The number of hydrogen-bond donors (Lipinski definition) is 1. The maximum absolute atomic E-state index is 12.3. The molecular formula is C13H25N3O. The van der Waals surface area contributed by atoms with Crippen LogP contribution in [0.5, 0.6) is 0 Å². The molecule has 0 aromatic heterocycles.